The topological polar surface area (TPSA) is 84.5 Å². The summed E-state index contributed by atoms with van der Waals surface area (Å²) in [7, 11) is -2.21. The Morgan fingerprint density at radius 3 is 2.58 bits per heavy atom. The summed E-state index contributed by atoms with van der Waals surface area (Å²) in [5.74, 6) is -1.15. The molecule has 1 aromatic carbocycles. The molecule has 106 valence electrons. The van der Waals surface area contributed by atoms with Gasteiger partial charge in [0.05, 0.1) is 11.9 Å². The van der Waals surface area contributed by atoms with Gasteiger partial charge in [-0.25, -0.2) is 12.8 Å². The molecule has 0 aliphatic carbocycles. The van der Waals surface area contributed by atoms with Crippen molar-refractivity contribution in [2.45, 2.75) is 13.0 Å². The van der Waals surface area contributed by atoms with Gasteiger partial charge < -0.3 is 10.1 Å². The number of benzene rings is 1. The first kappa shape index (κ1) is 15.4. The Kier molecular flexibility index (Phi) is 4.84. The van der Waals surface area contributed by atoms with Crippen LogP contribution in [0, 0.1) is 5.82 Å². The fourth-order valence-corrected chi connectivity index (χ4v) is 1.79. The lowest BCUT2D eigenvalue weighted by molar-refractivity contribution is -0.124. The molecule has 1 aromatic rings. The van der Waals surface area contributed by atoms with Crippen LogP contribution in [-0.4, -0.2) is 33.8 Å². The highest BCUT2D eigenvalue weighted by molar-refractivity contribution is 7.92. The van der Waals surface area contributed by atoms with E-state index in [0.717, 1.165) is 12.3 Å². The molecule has 1 amide bonds. The van der Waals surface area contributed by atoms with Crippen LogP contribution >= 0.6 is 0 Å². The summed E-state index contributed by atoms with van der Waals surface area (Å²) in [6.45, 7) is 1.55. The van der Waals surface area contributed by atoms with Crippen molar-refractivity contribution in [1.82, 2.24) is 0 Å². The standard InChI is InChI=1S/C11H15FN2O4S/c1-7(18-2)11(15)13-8-4-5-9(12)10(6-8)14-19(3,16)17/h4-7,14H,1-3H3,(H,13,15). The van der Waals surface area contributed by atoms with Crippen LogP contribution in [0.4, 0.5) is 15.8 Å². The largest absolute Gasteiger partial charge is 0.372 e. The van der Waals surface area contributed by atoms with Crippen molar-refractivity contribution in [3.8, 4) is 0 Å². The van der Waals surface area contributed by atoms with Gasteiger partial charge in [0.25, 0.3) is 5.91 Å². The molecule has 1 unspecified atom stereocenters. The van der Waals surface area contributed by atoms with E-state index in [4.69, 9.17) is 4.74 Å². The summed E-state index contributed by atoms with van der Waals surface area (Å²) in [5, 5.41) is 2.48. The quantitative estimate of drug-likeness (QED) is 0.852. The molecule has 1 atom stereocenters. The van der Waals surface area contributed by atoms with E-state index in [2.05, 4.69) is 5.32 Å². The lowest BCUT2D eigenvalue weighted by atomic mass is 10.2. The molecule has 0 aliphatic rings. The molecule has 0 bridgehead atoms. The molecule has 0 aliphatic heterocycles. The monoisotopic (exact) mass is 290 g/mol. The van der Waals surface area contributed by atoms with Crippen molar-refractivity contribution in [3.05, 3.63) is 24.0 Å². The summed E-state index contributed by atoms with van der Waals surface area (Å²) < 4.78 is 42.4. The average Bonchev–Trinajstić information content (AvgIpc) is 2.30. The number of carbonyl (C=O) groups is 1. The minimum absolute atomic E-state index is 0.231. The number of sulfonamides is 1. The highest BCUT2D eigenvalue weighted by Gasteiger charge is 2.13. The number of hydrogen-bond acceptors (Lipinski definition) is 4. The van der Waals surface area contributed by atoms with Gasteiger partial charge in [-0.3, -0.25) is 9.52 Å². The van der Waals surface area contributed by atoms with E-state index >= 15 is 0 Å². The zero-order valence-corrected chi connectivity index (χ0v) is 11.5. The van der Waals surface area contributed by atoms with Crippen LogP contribution in [0.5, 0.6) is 0 Å². The molecule has 0 aromatic heterocycles. The van der Waals surface area contributed by atoms with Crippen LogP contribution in [0.3, 0.4) is 0 Å². The molecule has 0 saturated heterocycles. The Morgan fingerprint density at radius 2 is 2.05 bits per heavy atom. The van der Waals surface area contributed by atoms with Crippen molar-refractivity contribution >= 4 is 27.3 Å². The lowest BCUT2D eigenvalue weighted by Gasteiger charge is -2.12. The number of carbonyl (C=O) groups excluding carboxylic acids is 1. The van der Waals surface area contributed by atoms with E-state index < -0.39 is 27.9 Å². The molecule has 1 rings (SSSR count). The highest BCUT2D eigenvalue weighted by Crippen LogP contribution is 2.20. The average molecular weight is 290 g/mol. The maximum Gasteiger partial charge on any atom is 0.253 e. The SMILES string of the molecule is COC(C)C(=O)Nc1ccc(F)c(NS(C)(=O)=O)c1. The summed E-state index contributed by atoms with van der Waals surface area (Å²) >= 11 is 0. The first-order valence-electron chi connectivity index (χ1n) is 5.34. The molecule has 0 saturated carbocycles. The van der Waals surface area contributed by atoms with Crippen LogP contribution in [-0.2, 0) is 19.6 Å². The molecule has 0 heterocycles. The number of rotatable bonds is 5. The van der Waals surface area contributed by atoms with Crippen LogP contribution in [0.15, 0.2) is 18.2 Å². The van der Waals surface area contributed by atoms with Crippen LogP contribution in [0.1, 0.15) is 6.92 Å². The molecular formula is C11H15FN2O4S. The van der Waals surface area contributed by atoms with Gasteiger partial charge in [0.15, 0.2) is 0 Å². The number of anilines is 2. The minimum atomic E-state index is -3.59. The van der Waals surface area contributed by atoms with Gasteiger partial charge in [-0.2, -0.15) is 0 Å². The zero-order valence-electron chi connectivity index (χ0n) is 10.7. The maximum atomic E-state index is 13.4. The van der Waals surface area contributed by atoms with Crippen LogP contribution in [0.25, 0.3) is 0 Å². The van der Waals surface area contributed by atoms with Gasteiger partial charge in [0.1, 0.15) is 11.9 Å². The molecule has 8 heteroatoms. The van der Waals surface area contributed by atoms with Crippen LogP contribution < -0.4 is 10.0 Å². The van der Waals surface area contributed by atoms with Gasteiger partial charge in [-0.05, 0) is 25.1 Å². The summed E-state index contributed by atoms with van der Waals surface area (Å²) in [4.78, 5) is 11.6. The molecule has 0 fully saturated rings. The zero-order chi connectivity index (χ0) is 14.6. The van der Waals surface area contributed by atoms with Crippen LogP contribution in [0.2, 0.25) is 0 Å². The summed E-state index contributed by atoms with van der Waals surface area (Å²) in [5.41, 5.74) is 0.0341. The molecule has 19 heavy (non-hydrogen) atoms. The Morgan fingerprint density at radius 1 is 1.42 bits per heavy atom. The van der Waals surface area contributed by atoms with Crippen molar-refractivity contribution in [2.75, 3.05) is 23.4 Å². The third kappa shape index (κ3) is 4.84. The Hall–Kier alpha value is -1.67. The predicted octanol–water partition coefficient (Wildman–Crippen LogP) is 1.17. The smallest absolute Gasteiger partial charge is 0.253 e. The van der Waals surface area contributed by atoms with Gasteiger partial charge in [0, 0.05) is 12.8 Å². The number of amides is 1. The Bertz CT molecular complexity index is 574. The number of halogens is 1. The molecule has 6 nitrogen and oxygen atoms in total. The molecule has 0 spiro atoms. The first-order valence-corrected chi connectivity index (χ1v) is 7.23. The summed E-state index contributed by atoms with van der Waals surface area (Å²) in [6, 6.07) is 3.57. The molecular weight excluding hydrogens is 275 g/mol. The van der Waals surface area contributed by atoms with Gasteiger partial charge >= 0.3 is 0 Å². The lowest BCUT2D eigenvalue weighted by Crippen LogP contribution is -2.26. The second-order valence-electron chi connectivity index (χ2n) is 3.94. The van der Waals surface area contributed by atoms with Crippen molar-refractivity contribution in [2.24, 2.45) is 0 Å². The fraction of sp³-hybridized carbons (Fsp3) is 0.364. The third-order valence-corrected chi connectivity index (χ3v) is 2.84. The fourth-order valence-electron chi connectivity index (χ4n) is 1.23. The maximum absolute atomic E-state index is 13.4. The second-order valence-corrected chi connectivity index (χ2v) is 5.68. The van der Waals surface area contributed by atoms with Crippen molar-refractivity contribution in [3.63, 3.8) is 0 Å². The minimum Gasteiger partial charge on any atom is -0.372 e. The third-order valence-electron chi connectivity index (χ3n) is 2.25. The second kappa shape index (κ2) is 5.98. The normalized spacial score (nSPS) is 12.8. The Labute approximate surface area is 111 Å². The summed E-state index contributed by atoms with van der Waals surface area (Å²) in [6.07, 6.45) is 0.237. The van der Waals surface area contributed by atoms with E-state index in [1.54, 1.807) is 6.92 Å². The number of ether oxygens (including phenoxy) is 1. The number of hydrogen-bond donors (Lipinski definition) is 2. The van der Waals surface area contributed by atoms with Crippen molar-refractivity contribution in [1.29, 1.82) is 0 Å². The number of methoxy groups -OCH3 is 1. The van der Waals surface area contributed by atoms with E-state index in [9.17, 15) is 17.6 Å². The molecule has 0 radical (unpaired) electrons. The Balaban J connectivity index is 2.93. The van der Waals surface area contributed by atoms with E-state index in [1.165, 1.54) is 19.2 Å². The van der Waals surface area contributed by atoms with Crippen molar-refractivity contribution < 1.29 is 22.3 Å². The van der Waals surface area contributed by atoms with E-state index in [1.807, 2.05) is 4.72 Å². The first-order chi connectivity index (χ1) is 8.73. The molecule has 2 N–H and O–H groups in total. The van der Waals surface area contributed by atoms with E-state index in [0.29, 0.717) is 0 Å². The highest BCUT2D eigenvalue weighted by atomic mass is 32.2. The predicted molar refractivity (Wildman–Crippen MR) is 70.0 cm³/mol. The van der Waals surface area contributed by atoms with Gasteiger partial charge in [0.2, 0.25) is 10.0 Å². The van der Waals surface area contributed by atoms with Gasteiger partial charge in [-0.1, -0.05) is 0 Å². The van der Waals surface area contributed by atoms with E-state index in [-0.39, 0.29) is 11.4 Å². The van der Waals surface area contributed by atoms with Gasteiger partial charge in [-0.15, -0.1) is 0 Å². The number of nitrogens with one attached hydrogen (secondary N) is 2.